The minimum absolute atomic E-state index is 0.243. The van der Waals surface area contributed by atoms with E-state index in [9.17, 15) is 0 Å². The van der Waals surface area contributed by atoms with E-state index >= 15 is 0 Å². The first-order valence-electron chi connectivity index (χ1n) is 16.5. The molecule has 0 N–H and O–H groups in total. The van der Waals surface area contributed by atoms with Crippen LogP contribution in [-0.4, -0.2) is 0 Å². The van der Waals surface area contributed by atoms with Crippen LogP contribution < -0.4 is 0 Å². The largest absolute Gasteiger partial charge is 0.135 e. The third-order valence-corrected chi connectivity index (χ3v) is 11.2. The summed E-state index contributed by atoms with van der Waals surface area (Å²) in [7, 11) is 0. The first kappa shape index (κ1) is 28.0. The lowest BCUT2D eigenvalue weighted by Gasteiger charge is -2.37. The highest BCUT2D eigenvalue weighted by atomic mass is 32.1. The smallest absolute Gasteiger partial charge is 0.0434 e. The molecule has 0 fully saturated rings. The molecule has 2 aliphatic rings. The highest BCUT2D eigenvalue weighted by molar-refractivity contribution is 7.26. The van der Waals surface area contributed by atoms with Crippen molar-refractivity contribution >= 4 is 42.7 Å². The van der Waals surface area contributed by atoms with Crippen LogP contribution in [0.4, 0.5) is 0 Å². The van der Waals surface area contributed by atoms with E-state index in [0.29, 0.717) is 0 Å². The molecule has 6 aromatic carbocycles. The van der Waals surface area contributed by atoms with Gasteiger partial charge in [0.1, 0.15) is 0 Å². The summed E-state index contributed by atoms with van der Waals surface area (Å²) >= 11 is 1.91. The molecule has 9 rings (SSSR count). The SMILES string of the molecule is Cc1ccc2sc3c(-c4cccc(C5=CC6=C(c7ccccc7)c7ccccc7C(c7ccccc7)C6C=C5)c4)cc(C)cc3c2c1. The fourth-order valence-corrected chi connectivity index (χ4v) is 9.07. The highest BCUT2D eigenvalue weighted by Gasteiger charge is 2.36. The van der Waals surface area contributed by atoms with Crippen molar-refractivity contribution in [3.05, 3.63) is 202 Å². The molecule has 1 heterocycles. The summed E-state index contributed by atoms with van der Waals surface area (Å²) in [6.07, 6.45) is 7.31. The van der Waals surface area contributed by atoms with E-state index < -0.39 is 0 Å². The molecule has 2 aliphatic carbocycles. The van der Waals surface area contributed by atoms with Gasteiger partial charge < -0.3 is 0 Å². The molecule has 0 spiro atoms. The van der Waals surface area contributed by atoms with Crippen LogP contribution in [0.3, 0.4) is 0 Å². The van der Waals surface area contributed by atoms with E-state index in [1.165, 1.54) is 87.0 Å². The zero-order valence-corrected chi connectivity index (χ0v) is 27.4. The Morgan fingerprint density at radius 1 is 0.553 bits per heavy atom. The van der Waals surface area contributed by atoms with Gasteiger partial charge in [0.05, 0.1) is 0 Å². The molecule has 2 atom stereocenters. The van der Waals surface area contributed by atoms with Crippen molar-refractivity contribution in [2.45, 2.75) is 19.8 Å². The normalized spacial score (nSPS) is 17.1. The lowest BCUT2D eigenvalue weighted by molar-refractivity contribution is 0.650. The summed E-state index contributed by atoms with van der Waals surface area (Å²) in [5, 5.41) is 2.72. The maximum absolute atomic E-state index is 2.48. The molecule has 0 amide bonds. The van der Waals surface area contributed by atoms with Gasteiger partial charge in [0, 0.05) is 32.0 Å². The Morgan fingerprint density at radius 2 is 1.28 bits per heavy atom. The zero-order chi connectivity index (χ0) is 31.5. The summed E-state index contributed by atoms with van der Waals surface area (Å²) in [6.45, 7) is 4.41. The Kier molecular flexibility index (Phi) is 6.69. The second kappa shape index (κ2) is 11.2. The Balaban J connectivity index is 1.22. The van der Waals surface area contributed by atoms with Crippen LogP contribution in [0, 0.1) is 19.8 Å². The number of thiophene rings is 1. The Bertz CT molecular complexity index is 2420. The van der Waals surface area contributed by atoms with Crippen LogP contribution in [-0.2, 0) is 0 Å². The molecule has 2 unspecified atom stereocenters. The molecule has 1 aromatic heterocycles. The van der Waals surface area contributed by atoms with E-state index in [-0.39, 0.29) is 11.8 Å². The summed E-state index contributed by atoms with van der Waals surface area (Å²) < 4.78 is 2.72. The summed E-state index contributed by atoms with van der Waals surface area (Å²) in [4.78, 5) is 0. The van der Waals surface area contributed by atoms with Gasteiger partial charge in [0.2, 0.25) is 0 Å². The monoisotopic (exact) mass is 618 g/mol. The Morgan fingerprint density at radius 3 is 2.13 bits per heavy atom. The topological polar surface area (TPSA) is 0 Å². The first-order valence-corrected chi connectivity index (χ1v) is 17.3. The number of rotatable bonds is 4. The molecule has 0 radical (unpaired) electrons. The van der Waals surface area contributed by atoms with Gasteiger partial charge in [-0.1, -0.05) is 127 Å². The molecule has 7 aromatic rings. The fraction of sp³-hybridized carbons (Fsp3) is 0.0870. The van der Waals surface area contributed by atoms with Gasteiger partial charge in [-0.05, 0) is 111 Å². The van der Waals surface area contributed by atoms with E-state index in [2.05, 4.69) is 172 Å². The number of hydrogen-bond acceptors (Lipinski definition) is 1. The molecule has 0 bridgehead atoms. The predicted molar refractivity (Wildman–Crippen MR) is 202 cm³/mol. The van der Waals surface area contributed by atoms with Crippen molar-refractivity contribution in [2.24, 2.45) is 5.92 Å². The number of fused-ring (bicyclic) bond motifs is 5. The van der Waals surface area contributed by atoms with Gasteiger partial charge in [-0.2, -0.15) is 0 Å². The molecule has 47 heavy (non-hydrogen) atoms. The van der Waals surface area contributed by atoms with Crippen molar-refractivity contribution < 1.29 is 0 Å². The molecule has 0 nitrogen and oxygen atoms in total. The summed E-state index contributed by atoms with van der Waals surface area (Å²) in [5.41, 5.74) is 15.8. The second-order valence-electron chi connectivity index (χ2n) is 13.0. The van der Waals surface area contributed by atoms with E-state index in [4.69, 9.17) is 0 Å². The maximum atomic E-state index is 2.48. The summed E-state index contributed by atoms with van der Waals surface area (Å²) in [6, 6.07) is 51.8. The van der Waals surface area contributed by atoms with Crippen LogP contribution in [0.2, 0.25) is 0 Å². The molecule has 0 aliphatic heterocycles. The Labute approximate surface area is 280 Å². The quantitative estimate of drug-likeness (QED) is 0.184. The van der Waals surface area contributed by atoms with Crippen LogP contribution in [0.5, 0.6) is 0 Å². The molecule has 1 heteroatoms. The Hall–Kier alpha value is -5.24. The van der Waals surface area contributed by atoms with Crippen molar-refractivity contribution in [3.63, 3.8) is 0 Å². The zero-order valence-electron chi connectivity index (χ0n) is 26.6. The molecule has 0 saturated carbocycles. The van der Waals surface area contributed by atoms with Gasteiger partial charge in [-0.15, -0.1) is 11.3 Å². The fourth-order valence-electron chi connectivity index (χ4n) is 7.87. The van der Waals surface area contributed by atoms with Crippen molar-refractivity contribution in [2.75, 3.05) is 0 Å². The van der Waals surface area contributed by atoms with Crippen LogP contribution >= 0.6 is 11.3 Å². The molecular weight excluding hydrogens is 585 g/mol. The molecule has 224 valence electrons. The van der Waals surface area contributed by atoms with Gasteiger partial charge in [-0.3, -0.25) is 0 Å². The minimum atomic E-state index is 0.243. The first-order chi connectivity index (χ1) is 23.1. The van der Waals surface area contributed by atoms with E-state index in [0.717, 1.165) is 0 Å². The van der Waals surface area contributed by atoms with Crippen molar-refractivity contribution in [3.8, 4) is 11.1 Å². The maximum Gasteiger partial charge on any atom is 0.0434 e. The van der Waals surface area contributed by atoms with Crippen LogP contribution in [0.15, 0.2) is 163 Å². The summed E-state index contributed by atoms with van der Waals surface area (Å²) in [5.74, 6) is 0.500. The van der Waals surface area contributed by atoms with Crippen LogP contribution in [0.1, 0.15) is 44.9 Å². The second-order valence-corrected chi connectivity index (χ2v) is 14.1. The van der Waals surface area contributed by atoms with Gasteiger partial charge in [-0.25, -0.2) is 0 Å². The third kappa shape index (κ3) is 4.73. The van der Waals surface area contributed by atoms with E-state index in [1.807, 2.05) is 11.3 Å². The van der Waals surface area contributed by atoms with Crippen molar-refractivity contribution in [1.29, 1.82) is 0 Å². The average Bonchev–Trinajstić information content (AvgIpc) is 3.48. The predicted octanol–water partition coefficient (Wildman–Crippen LogP) is 12.6. The average molecular weight is 619 g/mol. The highest BCUT2D eigenvalue weighted by Crippen LogP contribution is 2.51. The lowest BCUT2D eigenvalue weighted by atomic mass is 9.66. The molecule has 0 saturated heterocycles. The van der Waals surface area contributed by atoms with Gasteiger partial charge >= 0.3 is 0 Å². The number of hydrogen-bond donors (Lipinski definition) is 0. The molecular formula is C46H34S. The lowest BCUT2D eigenvalue weighted by Crippen LogP contribution is -2.23. The van der Waals surface area contributed by atoms with E-state index in [1.54, 1.807) is 0 Å². The number of aryl methyl sites for hydroxylation is 2. The third-order valence-electron chi connectivity index (χ3n) is 9.96. The number of allylic oxidation sites excluding steroid dienone is 5. The van der Waals surface area contributed by atoms with Gasteiger partial charge in [0.15, 0.2) is 0 Å². The minimum Gasteiger partial charge on any atom is -0.135 e. The van der Waals surface area contributed by atoms with Gasteiger partial charge in [0.25, 0.3) is 0 Å². The number of benzene rings is 6. The standard InChI is InChI=1S/C46H34S/c1-29-20-23-43-40(24-29)42-26-30(2)25-39(46(42)47-43)35-17-11-16-33(27-35)34-21-22-38-41(28-34)45(32-14-7-4-8-15-32)37-19-10-9-18-36(37)44(38)31-12-5-3-6-13-31/h3-28,38,44H,1-2H3. The van der Waals surface area contributed by atoms with Crippen LogP contribution in [0.25, 0.3) is 42.4 Å². The van der Waals surface area contributed by atoms with Crippen molar-refractivity contribution in [1.82, 2.24) is 0 Å².